The summed E-state index contributed by atoms with van der Waals surface area (Å²) in [6, 6.07) is 0. The van der Waals surface area contributed by atoms with Crippen molar-refractivity contribution >= 4 is 5.97 Å². The van der Waals surface area contributed by atoms with Gasteiger partial charge in [-0.15, -0.1) is 0 Å². The van der Waals surface area contributed by atoms with Crippen molar-refractivity contribution in [2.45, 2.75) is 18.9 Å². The second-order valence-electron chi connectivity index (χ2n) is 2.57. The Morgan fingerprint density at radius 1 is 2.00 bits per heavy atom. The van der Waals surface area contributed by atoms with E-state index in [4.69, 9.17) is 5.11 Å². The first kappa shape index (κ1) is 5.56. The minimum atomic E-state index is -0.759. The van der Waals surface area contributed by atoms with Crippen LogP contribution in [0.4, 0.5) is 0 Å². The normalized spacial score (nSPS) is 44.0. The monoisotopic (exact) mass is 116 g/mol. The molecule has 0 saturated heterocycles. The molecule has 8 heavy (non-hydrogen) atoms. The third kappa shape index (κ3) is 0.512. The molecule has 3 nitrogen and oxygen atoms in total. The van der Waals surface area contributed by atoms with E-state index in [1.54, 1.807) is 0 Å². The highest BCUT2D eigenvalue weighted by atomic mass is 16.4. The summed E-state index contributed by atoms with van der Waals surface area (Å²) < 4.78 is 0. The smallest absolute Gasteiger partial charge is 0.365 e. The molecule has 1 fully saturated rings. The second kappa shape index (κ2) is 1.23. The van der Waals surface area contributed by atoms with Crippen LogP contribution in [-0.2, 0) is 4.79 Å². The molecule has 0 aromatic carbocycles. The molecular formula is C5H10NO2+. The summed E-state index contributed by atoms with van der Waals surface area (Å²) in [4.78, 5) is 10.2. The zero-order valence-corrected chi connectivity index (χ0v) is 4.85. The Bertz CT molecular complexity index is 134. The standard InChI is InChI=1S/C5H9NO2/c1-3-2-5(3,6)4(7)8/h3H,2,6H2,1H3,(H,7,8)/p+1/t3-,5-/m0/s1. The maximum absolute atomic E-state index is 10.2. The van der Waals surface area contributed by atoms with Crippen molar-refractivity contribution in [3.05, 3.63) is 0 Å². The van der Waals surface area contributed by atoms with Gasteiger partial charge in [0.05, 0.1) is 0 Å². The predicted molar refractivity (Wildman–Crippen MR) is 27.0 cm³/mol. The Balaban J connectivity index is 2.60. The molecule has 0 aromatic rings. The van der Waals surface area contributed by atoms with Gasteiger partial charge in [0.25, 0.3) is 0 Å². The van der Waals surface area contributed by atoms with Crippen LogP contribution in [-0.4, -0.2) is 16.6 Å². The van der Waals surface area contributed by atoms with Crippen molar-refractivity contribution in [3.8, 4) is 0 Å². The minimum Gasteiger partial charge on any atom is -0.477 e. The second-order valence-corrected chi connectivity index (χ2v) is 2.57. The summed E-state index contributed by atoms with van der Waals surface area (Å²) in [5.41, 5.74) is 2.94. The lowest BCUT2D eigenvalue weighted by Gasteiger charge is -1.94. The first-order chi connectivity index (χ1) is 3.57. The molecule has 0 heterocycles. The highest BCUT2D eigenvalue weighted by molar-refractivity contribution is 5.80. The van der Waals surface area contributed by atoms with Gasteiger partial charge < -0.3 is 10.8 Å². The summed E-state index contributed by atoms with van der Waals surface area (Å²) in [5.74, 6) is -0.481. The number of carboxylic acid groups (broad SMARTS) is 1. The summed E-state index contributed by atoms with van der Waals surface area (Å²) in [7, 11) is 0. The van der Waals surface area contributed by atoms with Crippen LogP contribution in [0.1, 0.15) is 13.3 Å². The molecule has 0 aliphatic heterocycles. The molecule has 1 rings (SSSR count). The Morgan fingerprint density at radius 2 is 2.38 bits per heavy atom. The number of carboxylic acids is 1. The summed E-state index contributed by atoms with van der Waals surface area (Å²) in [6.07, 6.45) is 0.738. The van der Waals surface area contributed by atoms with E-state index in [-0.39, 0.29) is 5.92 Å². The molecule has 1 aliphatic rings. The summed E-state index contributed by atoms with van der Waals surface area (Å²) in [6.45, 7) is 1.90. The van der Waals surface area contributed by atoms with Gasteiger partial charge in [-0.2, -0.15) is 0 Å². The van der Waals surface area contributed by atoms with Crippen LogP contribution >= 0.6 is 0 Å². The van der Waals surface area contributed by atoms with Gasteiger partial charge in [0.1, 0.15) is 0 Å². The first-order valence-corrected chi connectivity index (χ1v) is 2.66. The lowest BCUT2D eigenvalue weighted by molar-refractivity contribution is -0.429. The van der Waals surface area contributed by atoms with E-state index in [0.717, 1.165) is 6.42 Å². The van der Waals surface area contributed by atoms with Crippen molar-refractivity contribution in [2.24, 2.45) is 5.92 Å². The van der Waals surface area contributed by atoms with E-state index in [1.165, 1.54) is 0 Å². The van der Waals surface area contributed by atoms with Gasteiger partial charge in [-0.1, -0.05) is 6.92 Å². The molecule has 3 heteroatoms. The number of aliphatic carboxylic acids is 1. The van der Waals surface area contributed by atoms with Gasteiger partial charge in [0.2, 0.25) is 0 Å². The fourth-order valence-electron chi connectivity index (χ4n) is 0.786. The third-order valence-electron chi connectivity index (χ3n) is 1.88. The molecular weight excluding hydrogens is 106 g/mol. The van der Waals surface area contributed by atoms with Crippen LogP contribution in [0.5, 0.6) is 0 Å². The number of quaternary nitrogens is 1. The van der Waals surface area contributed by atoms with E-state index >= 15 is 0 Å². The summed E-state index contributed by atoms with van der Waals surface area (Å²) in [5, 5.41) is 8.42. The van der Waals surface area contributed by atoms with Crippen molar-refractivity contribution < 1.29 is 15.6 Å². The van der Waals surface area contributed by atoms with Crippen molar-refractivity contribution in [1.29, 1.82) is 0 Å². The summed E-state index contributed by atoms with van der Waals surface area (Å²) >= 11 is 0. The molecule has 0 bridgehead atoms. The van der Waals surface area contributed by atoms with Crippen LogP contribution < -0.4 is 5.73 Å². The minimum absolute atomic E-state index is 0.278. The Morgan fingerprint density at radius 3 is 2.38 bits per heavy atom. The maximum atomic E-state index is 10.2. The van der Waals surface area contributed by atoms with Gasteiger partial charge in [-0.05, 0) is 0 Å². The zero-order valence-electron chi connectivity index (χ0n) is 4.85. The van der Waals surface area contributed by atoms with Gasteiger partial charge in [0.15, 0.2) is 5.54 Å². The average Bonchev–Trinajstić information content (AvgIpc) is 2.17. The average molecular weight is 116 g/mol. The molecule has 1 saturated carbocycles. The van der Waals surface area contributed by atoms with Gasteiger partial charge in [-0.3, -0.25) is 0 Å². The lowest BCUT2D eigenvalue weighted by atomic mass is 10.2. The Labute approximate surface area is 47.5 Å². The zero-order chi connectivity index (χ0) is 6.36. The van der Waals surface area contributed by atoms with Crippen molar-refractivity contribution in [3.63, 3.8) is 0 Å². The van der Waals surface area contributed by atoms with Crippen LogP contribution in [0.25, 0.3) is 0 Å². The van der Waals surface area contributed by atoms with E-state index in [0.29, 0.717) is 0 Å². The third-order valence-corrected chi connectivity index (χ3v) is 1.88. The highest BCUT2D eigenvalue weighted by Crippen LogP contribution is 2.38. The number of hydrogen-bond donors (Lipinski definition) is 2. The van der Waals surface area contributed by atoms with Crippen LogP contribution in [0.15, 0.2) is 0 Å². The fraction of sp³-hybridized carbons (Fsp3) is 0.800. The maximum Gasteiger partial charge on any atom is 0.365 e. The van der Waals surface area contributed by atoms with Gasteiger partial charge >= 0.3 is 5.97 Å². The Kier molecular flexibility index (Phi) is 0.854. The molecule has 0 unspecified atom stereocenters. The van der Waals surface area contributed by atoms with Crippen LogP contribution in [0, 0.1) is 5.92 Å². The molecule has 1 aliphatic carbocycles. The van der Waals surface area contributed by atoms with Gasteiger partial charge in [-0.25, -0.2) is 4.79 Å². The molecule has 0 aromatic heterocycles. The van der Waals surface area contributed by atoms with E-state index in [1.807, 2.05) is 6.92 Å². The number of carbonyl (C=O) groups is 1. The van der Waals surface area contributed by atoms with Gasteiger partial charge in [0, 0.05) is 12.3 Å². The fourth-order valence-corrected chi connectivity index (χ4v) is 0.786. The molecule has 4 N–H and O–H groups in total. The van der Waals surface area contributed by atoms with E-state index in [2.05, 4.69) is 5.73 Å². The van der Waals surface area contributed by atoms with E-state index < -0.39 is 11.5 Å². The molecule has 0 radical (unpaired) electrons. The van der Waals surface area contributed by atoms with E-state index in [9.17, 15) is 4.79 Å². The number of hydrogen-bond acceptors (Lipinski definition) is 1. The molecule has 0 spiro atoms. The molecule has 0 amide bonds. The quantitative estimate of drug-likeness (QED) is 0.466. The molecule has 2 atom stereocenters. The predicted octanol–water partition coefficient (Wildman–Crippen LogP) is -0.908. The Hall–Kier alpha value is -0.570. The molecule has 46 valence electrons. The highest BCUT2D eigenvalue weighted by Gasteiger charge is 2.59. The lowest BCUT2D eigenvalue weighted by Crippen LogP contribution is -2.69. The van der Waals surface area contributed by atoms with Crippen LogP contribution in [0.3, 0.4) is 0 Å². The van der Waals surface area contributed by atoms with Crippen molar-refractivity contribution in [2.75, 3.05) is 0 Å². The van der Waals surface area contributed by atoms with Crippen LogP contribution in [0.2, 0.25) is 0 Å². The first-order valence-electron chi connectivity index (χ1n) is 2.66. The largest absolute Gasteiger partial charge is 0.477 e. The number of rotatable bonds is 1. The SMILES string of the molecule is C[C@H]1C[C@@]1([NH3+])C(=O)O. The van der Waals surface area contributed by atoms with Crippen molar-refractivity contribution in [1.82, 2.24) is 0 Å². The topological polar surface area (TPSA) is 64.9 Å².